The molecule has 2 atom stereocenters. The van der Waals surface area contributed by atoms with E-state index in [4.69, 9.17) is 10.3 Å². The second-order valence-electron chi connectivity index (χ2n) is 5.79. The fourth-order valence-corrected chi connectivity index (χ4v) is 2.67. The number of hydrogen-bond acceptors (Lipinski definition) is 4. The molecule has 17 heavy (non-hydrogen) atoms. The third kappa shape index (κ3) is 2.51. The van der Waals surface area contributed by atoms with Gasteiger partial charge in [-0.3, -0.25) is 0 Å². The topological polar surface area (TPSA) is 64.9 Å². The van der Waals surface area contributed by atoms with Gasteiger partial charge in [-0.2, -0.15) is 4.98 Å². The zero-order chi connectivity index (χ0) is 12.5. The third-order valence-corrected chi connectivity index (χ3v) is 4.03. The minimum atomic E-state index is -0.0980. The molecule has 0 spiro atoms. The molecule has 4 heteroatoms. The van der Waals surface area contributed by atoms with Crippen LogP contribution >= 0.6 is 0 Å². The van der Waals surface area contributed by atoms with E-state index in [-0.39, 0.29) is 11.5 Å². The number of nitrogens with two attached hydrogens (primary N) is 1. The molecule has 1 aromatic heterocycles. The Hall–Kier alpha value is -0.900. The minimum absolute atomic E-state index is 0.0980. The van der Waals surface area contributed by atoms with Crippen LogP contribution in [0.3, 0.4) is 0 Å². The molecule has 1 fully saturated rings. The lowest BCUT2D eigenvalue weighted by Gasteiger charge is -2.36. The first-order valence-electron chi connectivity index (χ1n) is 6.63. The van der Waals surface area contributed by atoms with Gasteiger partial charge in [-0.05, 0) is 24.7 Å². The lowest BCUT2D eigenvalue weighted by Crippen LogP contribution is -2.26. The molecule has 4 nitrogen and oxygen atoms in total. The standard InChI is InChI=1S/C13H23N3O/c1-4-10(14)11-15-12(17-16-11)9-7-5-6-8-13(9,2)3/h9-10H,4-8,14H2,1-3H3. The average molecular weight is 237 g/mol. The van der Waals surface area contributed by atoms with E-state index in [0.717, 1.165) is 18.7 Å². The van der Waals surface area contributed by atoms with Gasteiger partial charge in [0, 0.05) is 5.92 Å². The van der Waals surface area contributed by atoms with Crippen molar-refractivity contribution in [1.29, 1.82) is 0 Å². The Bertz CT molecular complexity index is 372. The van der Waals surface area contributed by atoms with Gasteiger partial charge in [0.05, 0.1) is 6.04 Å². The minimum Gasteiger partial charge on any atom is -0.339 e. The maximum Gasteiger partial charge on any atom is 0.230 e. The molecule has 2 N–H and O–H groups in total. The Balaban J connectivity index is 2.18. The molecule has 96 valence electrons. The smallest absolute Gasteiger partial charge is 0.230 e. The van der Waals surface area contributed by atoms with Crippen molar-refractivity contribution < 1.29 is 4.52 Å². The summed E-state index contributed by atoms with van der Waals surface area (Å²) in [6, 6.07) is -0.0980. The summed E-state index contributed by atoms with van der Waals surface area (Å²) in [5.41, 5.74) is 6.18. The second-order valence-corrected chi connectivity index (χ2v) is 5.79. The summed E-state index contributed by atoms with van der Waals surface area (Å²) in [6.45, 7) is 6.62. The van der Waals surface area contributed by atoms with Crippen LogP contribution in [0, 0.1) is 5.41 Å². The maximum absolute atomic E-state index is 5.92. The van der Waals surface area contributed by atoms with Gasteiger partial charge in [0.25, 0.3) is 0 Å². The van der Waals surface area contributed by atoms with E-state index in [1.165, 1.54) is 19.3 Å². The van der Waals surface area contributed by atoms with Crippen molar-refractivity contribution in [3.63, 3.8) is 0 Å². The zero-order valence-electron chi connectivity index (χ0n) is 11.1. The molecular formula is C13H23N3O. The molecule has 2 unspecified atom stereocenters. The summed E-state index contributed by atoms with van der Waals surface area (Å²) in [5.74, 6) is 1.83. The van der Waals surface area contributed by atoms with Crippen molar-refractivity contribution in [2.45, 2.75) is 64.8 Å². The van der Waals surface area contributed by atoms with Gasteiger partial charge in [0.1, 0.15) is 0 Å². The Morgan fingerprint density at radius 2 is 2.24 bits per heavy atom. The Kier molecular flexibility index (Phi) is 3.52. The van der Waals surface area contributed by atoms with Gasteiger partial charge in [-0.25, -0.2) is 0 Å². The first-order valence-corrected chi connectivity index (χ1v) is 6.63. The maximum atomic E-state index is 5.92. The highest BCUT2D eigenvalue weighted by atomic mass is 16.5. The Labute approximate surface area is 103 Å². The molecule has 1 heterocycles. The van der Waals surface area contributed by atoms with Crippen molar-refractivity contribution in [3.05, 3.63) is 11.7 Å². The van der Waals surface area contributed by atoms with Crippen molar-refractivity contribution in [2.24, 2.45) is 11.1 Å². The van der Waals surface area contributed by atoms with Gasteiger partial charge in [-0.1, -0.05) is 38.8 Å². The van der Waals surface area contributed by atoms with E-state index in [1.54, 1.807) is 0 Å². The average Bonchev–Trinajstić information content (AvgIpc) is 2.76. The predicted molar refractivity (Wildman–Crippen MR) is 66.5 cm³/mol. The summed E-state index contributed by atoms with van der Waals surface area (Å²) < 4.78 is 5.42. The van der Waals surface area contributed by atoms with E-state index in [0.29, 0.717) is 11.7 Å². The van der Waals surface area contributed by atoms with E-state index in [1.807, 2.05) is 6.92 Å². The van der Waals surface area contributed by atoms with Crippen molar-refractivity contribution in [2.75, 3.05) is 0 Å². The van der Waals surface area contributed by atoms with Crippen LogP contribution in [-0.4, -0.2) is 10.1 Å². The van der Waals surface area contributed by atoms with Crippen molar-refractivity contribution in [1.82, 2.24) is 10.1 Å². The summed E-state index contributed by atoms with van der Waals surface area (Å²) in [4.78, 5) is 4.50. The normalized spacial score (nSPS) is 25.8. The summed E-state index contributed by atoms with van der Waals surface area (Å²) in [5, 5.41) is 4.02. The van der Waals surface area contributed by atoms with E-state index in [9.17, 15) is 0 Å². The third-order valence-electron chi connectivity index (χ3n) is 4.03. The molecule has 1 saturated carbocycles. The monoisotopic (exact) mass is 237 g/mol. The fourth-order valence-electron chi connectivity index (χ4n) is 2.67. The Morgan fingerprint density at radius 1 is 1.47 bits per heavy atom. The molecule has 0 amide bonds. The summed E-state index contributed by atoms with van der Waals surface area (Å²) in [7, 11) is 0. The molecule has 1 aliphatic rings. The highest BCUT2D eigenvalue weighted by Gasteiger charge is 2.37. The molecule has 1 aliphatic carbocycles. The lowest BCUT2D eigenvalue weighted by atomic mass is 9.69. The van der Waals surface area contributed by atoms with Gasteiger partial charge in [-0.15, -0.1) is 0 Å². The molecule has 2 rings (SSSR count). The summed E-state index contributed by atoms with van der Waals surface area (Å²) in [6.07, 6.45) is 5.78. The van der Waals surface area contributed by atoms with E-state index >= 15 is 0 Å². The predicted octanol–water partition coefficient (Wildman–Crippen LogP) is 3.16. The fraction of sp³-hybridized carbons (Fsp3) is 0.846. The second kappa shape index (κ2) is 4.77. The van der Waals surface area contributed by atoms with Crippen LogP contribution in [0.2, 0.25) is 0 Å². The quantitative estimate of drug-likeness (QED) is 0.877. The van der Waals surface area contributed by atoms with Crippen LogP contribution in [-0.2, 0) is 0 Å². The number of nitrogens with zero attached hydrogens (tertiary/aromatic N) is 2. The SMILES string of the molecule is CCC(N)c1noc(C2CCCCC2(C)C)n1. The van der Waals surface area contributed by atoms with Crippen LogP contribution in [0.4, 0.5) is 0 Å². The van der Waals surface area contributed by atoms with E-state index in [2.05, 4.69) is 24.0 Å². The van der Waals surface area contributed by atoms with Gasteiger partial charge < -0.3 is 10.3 Å². The van der Waals surface area contributed by atoms with Crippen LogP contribution in [0.5, 0.6) is 0 Å². The highest BCUT2D eigenvalue weighted by molar-refractivity contribution is 5.03. The molecule has 0 aliphatic heterocycles. The van der Waals surface area contributed by atoms with Gasteiger partial charge in [0.15, 0.2) is 5.82 Å². The molecule has 1 aromatic rings. The molecule has 0 saturated heterocycles. The molecule has 0 bridgehead atoms. The van der Waals surface area contributed by atoms with Crippen LogP contribution in [0.1, 0.15) is 76.6 Å². The molecule has 0 aromatic carbocycles. The lowest BCUT2D eigenvalue weighted by molar-refractivity contribution is 0.164. The van der Waals surface area contributed by atoms with Crippen LogP contribution < -0.4 is 5.73 Å². The highest BCUT2D eigenvalue weighted by Crippen LogP contribution is 2.46. The number of aromatic nitrogens is 2. The van der Waals surface area contributed by atoms with E-state index < -0.39 is 0 Å². The summed E-state index contributed by atoms with van der Waals surface area (Å²) >= 11 is 0. The molecular weight excluding hydrogens is 214 g/mol. The number of rotatable bonds is 3. The number of hydrogen-bond donors (Lipinski definition) is 1. The van der Waals surface area contributed by atoms with Crippen LogP contribution in [0.25, 0.3) is 0 Å². The first kappa shape index (κ1) is 12.6. The molecule has 0 radical (unpaired) electrons. The van der Waals surface area contributed by atoms with Gasteiger partial charge >= 0.3 is 0 Å². The van der Waals surface area contributed by atoms with Gasteiger partial charge in [0.2, 0.25) is 5.89 Å². The van der Waals surface area contributed by atoms with Crippen molar-refractivity contribution in [3.8, 4) is 0 Å². The first-order chi connectivity index (χ1) is 8.04. The van der Waals surface area contributed by atoms with Crippen molar-refractivity contribution >= 4 is 0 Å². The Morgan fingerprint density at radius 3 is 2.88 bits per heavy atom. The largest absolute Gasteiger partial charge is 0.339 e. The van der Waals surface area contributed by atoms with Crippen LogP contribution in [0.15, 0.2) is 4.52 Å². The zero-order valence-corrected chi connectivity index (χ0v) is 11.1.